The minimum Gasteiger partial charge on any atom is -0.336 e. The Morgan fingerprint density at radius 1 is 0.595 bits per heavy atom. The Kier molecular flexibility index (Phi) is 7.58. The van der Waals surface area contributed by atoms with Crippen molar-refractivity contribution in [2.24, 2.45) is 0 Å². The van der Waals surface area contributed by atoms with Gasteiger partial charge in [-0.3, -0.25) is 9.69 Å². The predicted molar refractivity (Wildman–Crippen MR) is 148 cm³/mol. The SMILES string of the molecule is O=C(Nc1ccccc1)Nc1ccccc1C(=O)N1CCN(C(c2ccccc2)c2ccccc2)CC1. The highest BCUT2D eigenvalue weighted by atomic mass is 16.2. The lowest BCUT2D eigenvalue weighted by atomic mass is 9.96. The molecule has 0 aromatic heterocycles. The number of para-hydroxylation sites is 2. The number of nitrogens with zero attached hydrogens (tertiary/aromatic N) is 2. The van der Waals surface area contributed by atoms with E-state index in [-0.39, 0.29) is 18.0 Å². The molecule has 1 fully saturated rings. The standard InChI is InChI=1S/C31H30N4O2/c36-30(27-18-10-11-19-28(27)33-31(37)32-26-16-8-3-9-17-26)35-22-20-34(21-23-35)29(24-12-4-1-5-13-24)25-14-6-2-7-15-25/h1-19,29H,20-23H2,(H2,32,33,37). The number of nitrogens with one attached hydrogen (secondary N) is 2. The molecule has 5 rings (SSSR count). The Labute approximate surface area is 217 Å². The minimum absolute atomic E-state index is 0.0776. The van der Waals surface area contributed by atoms with E-state index in [4.69, 9.17) is 0 Å². The number of carbonyl (C=O) groups excluding carboxylic acids is 2. The third kappa shape index (κ3) is 5.88. The molecular formula is C31H30N4O2. The lowest BCUT2D eigenvalue weighted by molar-refractivity contribution is 0.0598. The fourth-order valence-corrected chi connectivity index (χ4v) is 4.82. The second kappa shape index (κ2) is 11.5. The van der Waals surface area contributed by atoms with E-state index in [1.165, 1.54) is 11.1 Å². The van der Waals surface area contributed by atoms with Crippen molar-refractivity contribution in [3.8, 4) is 0 Å². The van der Waals surface area contributed by atoms with E-state index >= 15 is 0 Å². The minimum atomic E-state index is -0.384. The number of amides is 3. The van der Waals surface area contributed by atoms with Crippen molar-refractivity contribution in [3.63, 3.8) is 0 Å². The van der Waals surface area contributed by atoms with Crippen LogP contribution in [0.15, 0.2) is 115 Å². The molecule has 0 atom stereocenters. The molecule has 2 N–H and O–H groups in total. The van der Waals surface area contributed by atoms with E-state index in [0.717, 1.165) is 13.1 Å². The molecule has 3 amide bonds. The summed E-state index contributed by atoms with van der Waals surface area (Å²) in [5, 5.41) is 5.64. The van der Waals surface area contributed by atoms with Gasteiger partial charge in [-0.15, -0.1) is 0 Å². The summed E-state index contributed by atoms with van der Waals surface area (Å²) in [6.07, 6.45) is 0. The van der Waals surface area contributed by atoms with Gasteiger partial charge in [0.1, 0.15) is 0 Å². The maximum atomic E-state index is 13.5. The normalized spacial score (nSPS) is 13.8. The number of urea groups is 1. The number of piperazine rings is 1. The van der Waals surface area contributed by atoms with Gasteiger partial charge in [0.25, 0.3) is 5.91 Å². The molecule has 0 unspecified atom stereocenters. The number of hydrogen-bond acceptors (Lipinski definition) is 3. The topological polar surface area (TPSA) is 64.7 Å². The van der Waals surface area contributed by atoms with Crippen LogP contribution >= 0.6 is 0 Å². The maximum absolute atomic E-state index is 13.5. The Hall–Kier alpha value is -4.42. The van der Waals surface area contributed by atoms with E-state index in [2.05, 4.69) is 64.1 Å². The second-order valence-corrected chi connectivity index (χ2v) is 9.04. The highest BCUT2D eigenvalue weighted by molar-refractivity contribution is 6.06. The highest BCUT2D eigenvalue weighted by Gasteiger charge is 2.29. The van der Waals surface area contributed by atoms with Gasteiger partial charge in [0.15, 0.2) is 0 Å². The lowest BCUT2D eigenvalue weighted by Crippen LogP contribution is -2.50. The van der Waals surface area contributed by atoms with Crippen molar-refractivity contribution < 1.29 is 9.59 Å². The molecular weight excluding hydrogens is 460 g/mol. The van der Waals surface area contributed by atoms with Crippen LogP contribution in [-0.2, 0) is 0 Å². The molecule has 186 valence electrons. The van der Waals surface area contributed by atoms with Crippen LogP contribution in [0.4, 0.5) is 16.2 Å². The van der Waals surface area contributed by atoms with Gasteiger partial charge in [-0.1, -0.05) is 91.0 Å². The molecule has 1 aliphatic heterocycles. The van der Waals surface area contributed by atoms with Gasteiger partial charge < -0.3 is 15.5 Å². The Morgan fingerprint density at radius 3 is 1.70 bits per heavy atom. The molecule has 37 heavy (non-hydrogen) atoms. The van der Waals surface area contributed by atoms with E-state index in [1.807, 2.05) is 59.5 Å². The number of hydrogen-bond donors (Lipinski definition) is 2. The molecule has 1 saturated heterocycles. The first-order valence-electron chi connectivity index (χ1n) is 12.5. The van der Waals surface area contributed by atoms with Gasteiger partial charge in [-0.05, 0) is 35.4 Å². The van der Waals surface area contributed by atoms with E-state index in [0.29, 0.717) is 30.0 Å². The van der Waals surface area contributed by atoms with Crippen molar-refractivity contribution in [2.75, 3.05) is 36.8 Å². The first kappa shape index (κ1) is 24.3. The molecule has 6 nitrogen and oxygen atoms in total. The zero-order chi connectivity index (χ0) is 25.5. The predicted octanol–water partition coefficient (Wildman–Crippen LogP) is 5.88. The zero-order valence-electron chi connectivity index (χ0n) is 20.6. The van der Waals surface area contributed by atoms with Gasteiger partial charge in [-0.25, -0.2) is 4.79 Å². The molecule has 0 aliphatic carbocycles. The second-order valence-electron chi connectivity index (χ2n) is 9.04. The molecule has 6 heteroatoms. The molecule has 0 bridgehead atoms. The van der Waals surface area contributed by atoms with Gasteiger partial charge in [-0.2, -0.15) is 0 Å². The van der Waals surface area contributed by atoms with Crippen LogP contribution in [0.1, 0.15) is 27.5 Å². The van der Waals surface area contributed by atoms with Crippen LogP contribution in [0.25, 0.3) is 0 Å². The summed E-state index contributed by atoms with van der Waals surface area (Å²) >= 11 is 0. The van der Waals surface area contributed by atoms with Crippen molar-refractivity contribution >= 4 is 23.3 Å². The van der Waals surface area contributed by atoms with Gasteiger partial charge >= 0.3 is 6.03 Å². The van der Waals surface area contributed by atoms with Crippen LogP contribution in [0.3, 0.4) is 0 Å². The first-order chi connectivity index (χ1) is 18.2. The number of benzene rings is 4. The van der Waals surface area contributed by atoms with E-state index in [1.54, 1.807) is 12.1 Å². The van der Waals surface area contributed by atoms with Crippen LogP contribution in [0, 0.1) is 0 Å². The molecule has 1 heterocycles. The summed E-state index contributed by atoms with van der Waals surface area (Å²) in [5.41, 5.74) is 4.16. The summed E-state index contributed by atoms with van der Waals surface area (Å²) < 4.78 is 0. The molecule has 4 aromatic carbocycles. The average Bonchev–Trinajstić information content (AvgIpc) is 2.95. The summed E-state index contributed by atoms with van der Waals surface area (Å²) in [7, 11) is 0. The van der Waals surface area contributed by atoms with Gasteiger partial charge in [0.2, 0.25) is 0 Å². The average molecular weight is 491 g/mol. The van der Waals surface area contributed by atoms with Crippen molar-refractivity contribution in [2.45, 2.75) is 6.04 Å². The Bertz CT molecular complexity index is 1280. The third-order valence-electron chi connectivity index (χ3n) is 6.63. The third-order valence-corrected chi connectivity index (χ3v) is 6.63. The maximum Gasteiger partial charge on any atom is 0.323 e. The highest BCUT2D eigenvalue weighted by Crippen LogP contribution is 2.30. The number of rotatable bonds is 6. The summed E-state index contributed by atoms with van der Waals surface area (Å²) in [6, 6.07) is 37.2. The smallest absolute Gasteiger partial charge is 0.323 e. The van der Waals surface area contributed by atoms with Crippen LogP contribution < -0.4 is 10.6 Å². The number of carbonyl (C=O) groups is 2. The van der Waals surface area contributed by atoms with Crippen molar-refractivity contribution in [3.05, 3.63) is 132 Å². The fraction of sp³-hybridized carbons (Fsp3) is 0.161. The van der Waals surface area contributed by atoms with Crippen molar-refractivity contribution in [1.82, 2.24) is 9.80 Å². The zero-order valence-corrected chi connectivity index (χ0v) is 20.6. The molecule has 0 radical (unpaired) electrons. The summed E-state index contributed by atoms with van der Waals surface area (Å²) in [6.45, 7) is 2.73. The van der Waals surface area contributed by atoms with Gasteiger partial charge in [0, 0.05) is 31.9 Å². The van der Waals surface area contributed by atoms with Crippen LogP contribution in [0.2, 0.25) is 0 Å². The van der Waals surface area contributed by atoms with Gasteiger partial charge in [0.05, 0.1) is 17.3 Å². The van der Waals surface area contributed by atoms with E-state index < -0.39 is 0 Å². The molecule has 4 aromatic rings. The van der Waals surface area contributed by atoms with Crippen molar-refractivity contribution in [1.29, 1.82) is 0 Å². The molecule has 1 aliphatic rings. The Balaban J connectivity index is 1.27. The molecule has 0 saturated carbocycles. The summed E-state index contributed by atoms with van der Waals surface area (Å²) in [4.78, 5) is 30.4. The lowest BCUT2D eigenvalue weighted by Gasteiger charge is -2.40. The largest absolute Gasteiger partial charge is 0.336 e. The van der Waals surface area contributed by atoms with E-state index in [9.17, 15) is 9.59 Å². The monoisotopic (exact) mass is 490 g/mol. The molecule has 0 spiro atoms. The summed E-state index contributed by atoms with van der Waals surface area (Å²) in [5.74, 6) is -0.0776. The Morgan fingerprint density at radius 2 is 1.11 bits per heavy atom. The van der Waals surface area contributed by atoms with Crippen LogP contribution in [0.5, 0.6) is 0 Å². The fourth-order valence-electron chi connectivity index (χ4n) is 4.82. The van der Waals surface area contributed by atoms with Crippen LogP contribution in [-0.4, -0.2) is 47.9 Å². The quantitative estimate of drug-likeness (QED) is 0.355. The first-order valence-corrected chi connectivity index (χ1v) is 12.5. The number of anilines is 2.